The number of hydrogen-bond donors (Lipinski definition) is 0. The van der Waals surface area contributed by atoms with E-state index in [9.17, 15) is 4.39 Å². The van der Waals surface area contributed by atoms with E-state index in [0.29, 0.717) is 13.2 Å². The molecular weight excluding hydrogens is 335 g/mol. The summed E-state index contributed by atoms with van der Waals surface area (Å²) in [5.41, 5.74) is 1.98. The SMILES string of the molecule is Cc1cc(Br)cnc1N1CCOC(c2cccc(F)c2)C1. The number of rotatable bonds is 2. The Hall–Kier alpha value is -1.46. The van der Waals surface area contributed by atoms with Gasteiger partial charge in [-0.05, 0) is 52.2 Å². The van der Waals surface area contributed by atoms with E-state index in [1.54, 1.807) is 12.3 Å². The second-order valence-electron chi connectivity index (χ2n) is 5.15. The fraction of sp³-hybridized carbons (Fsp3) is 0.312. The molecule has 0 amide bonds. The molecule has 21 heavy (non-hydrogen) atoms. The normalized spacial score (nSPS) is 18.8. The zero-order valence-corrected chi connectivity index (χ0v) is 13.3. The lowest BCUT2D eigenvalue weighted by molar-refractivity contribution is 0.0393. The van der Waals surface area contributed by atoms with Gasteiger partial charge in [0.25, 0.3) is 0 Å². The molecule has 3 nitrogen and oxygen atoms in total. The molecule has 2 heterocycles. The minimum absolute atomic E-state index is 0.126. The maximum Gasteiger partial charge on any atom is 0.131 e. The Balaban J connectivity index is 1.82. The highest BCUT2D eigenvalue weighted by Gasteiger charge is 2.24. The Morgan fingerprint density at radius 3 is 3.00 bits per heavy atom. The minimum atomic E-state index is -0.230. The summed E-state index contributed by atoms with van der Waals surface area (Å²) in [6.07, 6.45) is 1.67. The molecule has 0 N–H and O–H groups in total. The lowest BCUT2D eigenvalue weighted by Crippen LogP contribution is -2.39. The first kappa shape index (κ1) is 14.5. The van der Waals surface area contributed by atoms with Crippen molar-refractivity contribution in [3.8, 4) is 0 Å². The number of halogens is 2. The van der Waals surface area contributed by atoms with Crippen molar-refractivity contribution in [1.82, 2.24) is 4.98 Å². The standard InChI is InChI=1S/C16H16BrFN2O/c1-11-7-13(17)9-19-16(11)20-5-6-21-15(10-20)12-3-2-4-14(18)8-12/h2-4,7-9,15H,5-6,10H2,1H3. The van der Waals surface area contributed by atoms with Crippen LogP contribution in [-0.2, 0) is 4.74 Å². The van der Waals surface area contributed by atoms with Crippen LogP contribution >= 0.6 is 15.9 Å². The van der Waals surface area contributed by atoms with Gasteiger partial charge >= 0.3 is 0 Å². The minimum Gasteiger partial charge on any atom is -0.370 e. The summed E-state index contributed by atoms with van der Waals surface area (Å²) in [5.74, 6) is 0.731. The molecule has 0 bridgehead atoms. The van der Waals surface area contributed by atoms with E-state index in [4.69, 9.17) is 4.74 Å². The number of anilines is 1. The maximum atomic E-state index is 13.4. The summed E-state index contributed by atoms with van der Waals surface area (Å²) in [6.45, 7) is 4.12. The first-order valence-corrected chi connectivity index (χ1v) is 7.67. The third kappa shape index (κ3) is 3.24. The molecule has 1 aliphatic rings. The number of benzene rings is 1. The van der Waals surface area contributed by atoms with E-state index in [1.807, 2.05) is 13.0 Å². The first-order valence-electron chi connectivity index (χ1n) is 6.87. The summed E-state index contributed by atoms with van der Waals surface area (Å²) in [4.78, 5) is 6.69. The van der Waals surface area contributed by atoms with Crippen LogP contribution in [0, 0.1) is 12.7 Å². The number of aryl methyl sites for hydroxylation is 1. The van der Waals surface area contributed by atoms with Crippen LogP contribution in [0.2, 0.25) is 0 Å². The van der Waals surface area contributed by atoms with Gasteiger partial charge in [0.1, 0.15) is 17.7 Å². The molecule has 1 unspecified atom stereocenters. The predicted octanol–water partition coefficient (Wildman–Crippen LogP) is 3.87. The molecule has 0 saturated carbocycles. The third-order valence-corrected chi connectivity index (χ3v) is 4.04. The number of nitrogens with zero attached hydrogens (tertiary/aromatic N) is 2. The van der Waals surface area contributed by atoms with Gasteiger partial charge in [-0.2, -0.15) is 0 Å². The zero-order chi connectivity index (χ0) is 14.8. The molecule has 1 aromatic heterocycles. The van der Waals surface area contributed by atoms with Crippen molar-refractivity contribution >= 4 is 21.7 Å². The smallest absolute Gasteiger partial charge is 0.131 e. The number of morpholine rings is 1. The van der Waals surface area contributed by atoms with Gasteiger partial charge in [-0.3, -0.25) is 0 Å². The Labute approximate surface area is 131 Å². The van der Waals surface area contributed by atoms with E-state index in [0.717, 1.165) is 28.0 Å². The van der Waals surface area contributed by atoms with E-state index in [-0.39, 0.29) is 11.9 Å². The number of pyridine rings is 1. The van der Waals surface area contributed by atoms with Gasteiger partial charge in [0, 0.05) is 23.8 Å². The van der Waals surface area contributed by atoms with Gasteiger partial charge in [-0.25, -0.2) is 9.37 Å². The lowest BCUT2D eigenvalue weighted by Gasteiger charge is -2.34. The van der Waals surface area contributed by atoms with Crippen LogP contribution in [0.15, 0.2) is 41.0 Å². The van der Waals surface area contributed by atoms with E-state index in [2.05, 4.69) is 31.9 Å². The number of aromatic nitrogens is 1. The summed E-state index contributed by atoms with van der Waals surface area (Å²) in [7, 11) is 0. The van der Waals surface area contributed by atoms with Gasteiger partial charge in [0.05, 0.1) is 6.61 Å². The van der Waals surface area contributed by atoms with Crippen LogP contribution < -0.4 is 4.90 Å². The molecule has 2 aromatic rings. The largest absolute Gasteiger partial charge is 0.370 e. The van der Waals surface area contributed by atoms with Crippen LogP contribution in [0.3, 0.4) is 0 Å². The highest BCUT2D eigenvalue weighted by Crippen LogP contribution is 2.28. The maximum absolute atomic E-state index is 13.4. The molecule has 1 atom stereocenters. The Morgan fingerprint density at radius 2 is 2.24 bits per heavy atom. The van der Waals surface area contributed by atoms with Crippen molar-refractivity contribution < 1.29 is 9.13 Å². The zero-order valence-electron chi connectivity index (χ0n) is 11.7. The predicted molar refractivity (Wildman–Crippen MR) is 84.0 cm³/mol. The van der Waals surface area contributed by atoms with Gasteiger partial charge in [0.15, 0.2) is 0 Å². The molecule has 1 fully saturated rings. The van der Waals surface area contributed by atoms with Crippen LogP contribution in [0.1, 0.15) is 17.2 Å². The Bertz CT molecular complexity index is 650. The summed E-state index contributed by atoms with van der Waals surface area (Å²) < 4.78 is 20.1. The first-order chi connectivity index (χ1) is 10.1. The number of hydrogen-bond acceptors (Lipinski definition) is 3. The fourth-order valence-electron chi connectivity index (χ4n) is 2.61. The van der Waals surface area contributed by atoms with Crippen molar-refractivity contribution in [3.05, 3.63) is 57.9 Å². The molecule has 1 aromatic carbocycles. The number of ether oxygens (including phenoxy) is 1. The summed E-state index contributed by atoms with van der Waals surface area (Å²) >= 11 is 3.43. The van der Waals surface area contributed by atoms with Crippen LogP contribution in [-0.4, -0.2) is 24.7 Å². The van der Waals surface area contributed by atoms with Gasteiger partial charge < -0.3 is 9.64 Å². The highest BCUT2D eigenvalue weighted by atomic mass is 79.9. The van der Waals surface area contributed by atoms with E-state index < -0.39 is 0 Å². The van der Waals surface area contributed by atoms with Gasteiger partial charge in [-0.15, -0.1) is 0 Å². The van der Waals surface area contributed by atoms with Crippen molar-refractivity contribution in [2.24, 2.45) is 0 Å². The van der Waals surface area contributed by atoms with Crippen LogP contribution in [0.4, 0.5) is 10.2 Å². The molecule has 0 spiro atoms. The molecule has 5 heteroatoms. The van der Waals surface area contributed by atoms with E-state index >= 15 is 0 Å². The molecule has 1 aliphatic heterocycles. The van der Waals surface area contributed by atoms with Crippen molar-refractivity contribution in [1.29, 1.82) is 0 Å². The van der Waals surface area contributed by atoms with Gasteiger partial charge in [0.2, 0.25) is 0 Å². The second-order valence-corrected chi connectivity index (χ2v) is 6.07. The second kappa shape index (κ2) is 6.12. The van der Waals surface area contributed by atoms with Crippen molar-refractivity contribution in [3.63, 3.8) is 0 Å². The Morgan fingerprint density at radius 1 is 1.38 bits per heavy atom. The fourth-order valence-corrected chi connectivity index (χ4v) is 3.06. The molecule has 110 valence electrons. The molecule has 0 radical (unpaired) electrons. The summed E-state index contributed by atoms with van der Waals surface area (Å²) in [5, 5.41) is 0. The molecule has 1 saturated heterocycles. The molecule has 0 aliphatic carbocycles. The highest BCUT2D eigenvalue weighted by molar-refractivity contribution is 9.10. The molecule has 3 rings (SSSR count). The van der Waals surface area contributed by atoms with Crippen molar-refractivity contribution in [2.75, 3.05) is 24.6 Å². The monoisotopic (exact) mass is 350 g/mol. The quantitative estimate of drug-likeness (QED) is 0.821. The third-order valence-electron chi connectivity index (χ3n) is 3.60. The van der Waals surface area contributed by atoms with Crippen molar-refractivity contribution in [2.45, 2.75) is 13.0 Å². The average Bonchev–Trinajstić information content (AvgIpc) is 2.47. The lowest BCUT2D eigenvalue weighted by atomic mass is 10.1. The topological polar surface area (TPSA) is 25.4 Å². The van der Waals surface area contributed by atoms with Crippen LogP contribution in [0.25, 0.3) is 0 Å². The average molecular weight is 351 g/mol. The van der Waals surface area contributed by atoms with E-state index in [1.165, 1.54) is 12.1 Å². The van der Waals surface area contributed by atoms with Gasteiger partial charge in [-0.1, -0.05) is 12.1 Å². The summed E-state index contributed by atoms with van der Waals surface area (Å²) in [6, 6.07) is 8.66. The Kier molecular flexibility index (Phi) is 4.22. The van der Waals surface area contributed by atoms with Crippen LogP contribution in [0.5, 0.6) is 0 Å². The molecular formula is C16H16BrFN2O.